The summed E-state index contributed by atoms with van der Waals surface area (Å²) in [4.78, 5) is 11.4. The molecular formula is C14H22N6O. The molecule has 3 rings (SSSR count). The van der Waals surface area contributed by atoms with Gasteiger partial charge < -0.3 is 15.0 Å². The van der Waals surface area contributed by atoms with Gasteiger partial charge in [-0.2, -0.15) is 15.1 Å². The molecule has 114 valence electrons. The third-order valence-electron chi connectivity index (χ3n) is 3.57. The standard InChI is InChI=1S/C14H22N6O/c1-3-5-15-14-17-12-11(8-16-19-12)13(18-14)20-6-4-7-21-10(2)9-20/h8,10H,3-7,9H2,1-2H3,(H2,15,16,17,18,19). The van der Waals surface area contributed by atoms with Gasteiger partial charge >= 0.3 is 0 Å². The zero-order valence-electron chi connectivity index (χ0n) is 12.6. The highest BCUT2D eigenvalue weighted by atomic mass is 16.5. The fourth-order valence-corrected chi connectivity index (χ4v) is 2.56. The van der Waals surface area contributed by atoms with E-state index < -0.39 is 0 Å². The predicted octanol–water partition coefficient (Wildman–Crippen LogP) is 1.79. The SMILES string of the molecule is CCCNc1nc(N2CCCOC(C)C2)c2cn[nH]c2n1. The smallest absolute Gasteiger partial charge is 0.226 e. The second-order valence-electron chi connectivity index (χ2n) is 5.41. The van der Waals surface area contributed by atoms with Crippen molar-refractivity contribution in [3.63, 3.8) is 0 Å². The fourth-order valence-electron chi connectivity index (χ4n) is 2.56. The Morgan fingerprint density at radius 3 is 3.24 bits per heavy atom. The van der Waals surface area contributed by atoms with Crippen LogP contribution in [0.4, 0.5) is 11.8 Å². The Bertz CT molecular complexity index is 598. The van der Waals surface area contributed by atoms with E-state index in [1.54, 1.807) is 6.20 Å². The first-order valence-corrected chi connectivity index (χ1v) is 7.59. The third kappa shape index (κ3) is 3.07. The van der Waals surface area contributed by atoms with Gasteiger partial charge in [-0.25, -0.2) is 0 Å². The molecule has 21 heavy (non-hydrogen) atoms. The van der Waals surface area contributed by atoms with Crippen molar-refractivity contribution in [3.05, 3.63) is 6.20 Å². The molecule has 0 spiro atoms. The molecule has 1 atom stereocenters. The summed E-state index contributed by atoms with van der Waals surface area (Å²) >= 11 is 0. The summed E-state index contributed by atoms with van der Waals surface area (Å²) < 4.78 is 5.72. The van der Waals surface area contributed by atoms with Crippen molar-refractivity contribution in [2.45, 2.75) is 32.8 Å². The van der Waals surface area contributed by atoms with E-state index in [4.69, 9.17) is 9.72 Å². The van der Waals surface area contributed by atoms with Crippen molar-refractivity contribution in [1.29, 1.82) is 0 Å². The molecule has 2 aromatic rings. The van der Waals surface area contributed by atoms with Crippen LogP contribution in [0.3, 0.4) is 0 Å². The van der Waals surface area contributed by atoms with Gasteiger partial charge in [-0.15, -0.1) is 0 Å². The quantitative estimate of drug-likeness (QED) is 0.893. The van der Waals surface area contributed by atoms with Gasteiger partial charge in [-0.05, 0) is 19.8 Å². The predicted molar refractivity (Wildman–Crippen MR) is 82.7 cm³/mol. The monoisotopic (exact) mass is 290 g/mol. The molecule has 0 bridgehead atoms. The average molecular weight is 290 g/mol. The number of rotatable bonds is 4. The maximum absolute atomic E-state index is 5.72. The Labute approximate surface area is 124 Å². The summed E-state index contributed by atoms with van der Waals surface area (Å²) in [6.45, 7) is 7.66. The normalized spacial score (nSPS) is 19.7. The summed E-state index contributed by atoms with van der Waals surface area (Å²) in [7, 11) is 0. The summed E-state index contributed by atoms with van der Waals surface area (Å²) in [5.41, 5.74) is 0.774. The molecule has 0 saturated carbocycles. The fraction of sp³-hybridized carbons (Fsp3) is 0.643. The van der Waals surface area contributed by atoms with Gasteiger partial charge in [0, 0.05) is 26.2 Å². The molecule has 1 aliphatic heterocycles. The van der Waals surface area contributed by atoms with E-state index in [-0.39, 0.29) is 6.10 Å². The van der Waals surface area contributed by atoms with Crippen LogP contribution in [0.25, 0.3) is 11.0 Å². The number of nitrogens with one attached hydrogen (secondary N) is 2. The summed E-state index contributed by atoms with van der Waals surface area (Å²) in [6.07, 6.45) is 4.04. The van der Waals surface area contributed by atoms with Crippen molar-refractivity contribution < 1.29 is 4.74 Å². The van der Waals surface area contributed by atoms with E-state index in [2.05, 4.69) is 39.2 Å². The summed E-state index contributed by atoms with van der Waals surface area (Å²) in [5.74, 6) is 1.59. The van der Waals surface area contributed by atoms with Crippen molar-refractivity contribution in [2.24, 2.45) is 0 Å². The van der Waals surface area contributed by atoms with Gasteiger partial charge in [0.1, 0.15) is 5.82 Å². The zero-order valence-corrected chi connectivity index (χ0v) is 12.6. The van der Waals surface area contributed by atoms with Crippen molar-refractivity contribution in [3.8, 4) is 0 Å². The second kappa shape index (κ2) is 6.26. The minimum absolute atomic E-state index is 0.205. The maximum Gasteiger partial charge on any atom is 0.226 e. The molecule has 1 fully saturated rings. The molecule has 0 aliphatic carbocycles. The molecule has 1 unspecified atom stereocenters. The first kappa shape index (κ1) is 14.1. The molecule has 1 aliphatic rings. The lowest BCUT2D eigenvalue weighted by Gasteiger charge is -2.24. The number of aromatic amines is 1. The van der Waals surface area contributed by atoms with Crippen LogP contribution in [0.5, 0.6) is 0 Å². The molecule has 0 aromatic carbocycles. The molecule has 0 radical (unpaired) electrons. The van der Waals surface area contributed by atoms with Crippen LogP contribution in [-0.2, 0) is 4.74 Å². The minimum atomic E-state index is 0.205. The van der Waals surface area contributed by atoms with Crippen molar-refractivity contribution in [2.75, 3.05) is 36.5 Å². The first-order valence-electron chi connectivity index (χ1n) is 7.59. The number of H-pyrrole nitrogens is 1. The lowest BCUT2D eigenvalue weighted by atomic mass is 10.3. The maximum atomic E-state index is 5.72. The molecule has 1 saturated heterocycles. The largest absolute Gasteiger partial charge is 0.377 e. The van der Waals surface area contributed by atoms with Gasteiger partial charge in [0.15, 0.2) is 5.65 Å². The van der Waals surface area contributed by atoms with E-state index >= 15 is 0 Å². The Hall–Kier alpha value is -1.89. The number of ether oxygens (including phenoxy) is 1. The molecule has 0 amide bonds. The lowest BCUT2D eigenvalue weighted by molar-refractivity contribution is 0.0820. The van der Waals surface area contributed by atoms with Crippen LogP contribution in [0.15, 0.2) is 6.20 Å². The van der Waals surface area contributed by atoms with Crippen molar-refractivity contribution in [1.82, 2.24) is 20.2 Å². The van der Waals surface area contributed by atoms with Crippen LogP contribution >= 0.6 is 0 Å². The highest BCUT2D eigenvalue weighted by Gasteiger charge is 2.20. The highest BCUT2D eigenvalue weighted by molar-refractivity contribution is 5.87. The number of anilines is 2. The van der Waals surface area contributed by atoms with Gasteiger partial charge in [0.2, 0.25) is 5.95 Å². The molecular weight excluding hydrogens is 268 g/mol. The number of fused-ring (bicyclic) bond motifs is 1. The van der Waals surface area contributed by atoms with Crippen LogP contribution in [0, 0.1) is 0 Å². The van der Waals surface area contributed by atoms with Crippen molar-refractivity contribution >= 4 is 22.8 Å². The Morgan fingerprint density at radius 1 is 1.48 bits per heavy atom. The third-order valence-corrected chi connectivity index (χ3v) is 3.57. The number of hydrogen-bond donors (Lipinski definition) is 2. The van der Waals surface area contributed by atoms with E-state index in [9.17, 15) is 0 Å². The minimum Gasteiger partial charge on any atom is -0.377 e. The van der Waals surface area contributed by atoms with E-state index in [1.807, 2.05) is 0 Å². The summed E-state index contributed by atoms with van der Waals surface area (Å²) in [6, 6.07) is 0. The molecule has 3 heterocycles. The second-order valence-corrected chi connectivity index (χ2v) is 5.41. The zero-order chi connectivity index (χ0) is 14.7. The molecule has 2 aromatic heterocycles. The highest BCUT2D eigenvalue weighted by Crippen LogP contribution is 2.25. The topological polar surface area (TPSA) is 79.0 Å². The van der Waals surface area contributed by atoms with Gasteiger partial charge in [0.25, 0.3) is 0 Å². The Kier molecular flexibility index (Phi) is 4.19. The molecule has 7 heteroatoms. The van der Waals surface area contributed by atoms with E-state index in [1.165, 1.54) is 0 Å². The lowest BCUT2D eigenvalue weighted by Crippen LogP contribution is -2.31. The first-order chi connectivity index (χ1) is 10.3. The number of hydrogen-bond acceptors (Lipinski definition) is 6. The Morgan fingerprint density at radius 2 is 2.38 bits per heavy atom. The summed E-state index contributed by atoms with van der Waals surface area (Å²) in [5, 5.41) is 11.3. The van der Waals surface area contributed by atoms with Gasteiger partial charge in [0.05, 0.1) is 17.7 Å². The molecule has 2 N–H and O–H groups in total. The average Bonchev–Trinajstić information content (AvgIpc) is 2.85. The molecule has 7 nitrogen and oxygen atoms in total. The van der Waals surface area contributed by atoms with Gasteiger partial charge in [-0.3, -0.25) is 5.10 Å². The Balaban J connectivity index is 1.96. The van der Waals surface area contributed by atoms with Crippen LogP contribution < -0.4 is 10.2 Å². The van der Waals surface area contributed by atoms with Crippen LogP contribution in [0.2, 0.25) is 0 Å². The van der Waals surface area contributed by atoms with Gasteiger partial charge in [-0.1, -0.05) is 6.92 Å². The number of nitrogens with zero attached hydrogens (tertiary/aromatic N) is 4. The van der Waals surface area contributed by atoms with E-state index in [0.717, 1.165) is 55.9 Å². The van der Waals surface area contributed by atoms with Crippen LogP contribution in [-0.4, -0.2) is 52.5 Å². The number of aromatic nitrogens is 4. The van der Waals surface area contributed by atoms with Crippen LogP contribution in [0.1, 0.15) is 26.7 Å². The van der Waals surface area contributed by atoms with E-state index in [0.29, 0.717) is 5.95 Å².